The van der Waals surface area contributed by atoms with Gasteiger partial charge in [0.25, 0.3) is 0 Å². The molecule has 1 rings (SSSR count). The topological polar surface area (TPSA) is 17.1 Å². The van der Waals surface area contributed by atoms with Gasteiger partial charge in [-0.25, -0.2) is 4.79 Å². The number of thioether (sulfide) groups is 2. The van der Waals surface area contributed by atoms with Crippen molar-refractivity contribution in [3.63, 3.8) is 0 Å². The largest absolute Gasteiger partial charge is 0.233 e. The van der Waals surface area contributed by atoms with Gasteiger partial charge in [-0.15, -0.1) is 23.5 Å². The van der Waals surface area contributed by atoms with Gasteiger partial charge >= 0.3 is 0 Å². The average Bonchev–Trinajstić information content (AvgIpc) is 1.90. The van der Waals surface area contributed by atoms with Crippen molar-refractivity contribution >= 4 is 29.5 Å². The molecule has 0 atom stereocenters. The van der Waals surface area contributed by atoms with Crippen LogP contribution >= 0.6 is 23.5 Å². The van der Waals surface area contributed by atoms with Crippen LogP contribution in [0.3, 0.4) is 0 Å². The third-order valence-corrected chi connectivity index (χ3v) is 3.30. The van der Waals surface area contributed by atoms with Gasteiger partial charge in [-0.05, 0) is 0 Å². The molecule has 0 aromatic carbocycles. The lowest BCUT2D eigenvalue weighted by atomic mass is 10.4. The highest BCUT2D eigenvalue weighted by Gasteiger charge is 2.04. The quantitative estimate of drug-likeness (QED) is 0.478. The van der Waals surface area contributed by atoms with E-state index in [1.54, 1.807) is 23.5 Å². The molecular formula is C5H6OS2. The zero-order valence-electron chi connectivity index (χ0n) is 4.35. The highest BCUT2D eigenvalue weighted by molar-refractivity contribution is 8.16. The predicted octanol–water partition coefficient (Wildman–Crippen LogP) is 1.18. The van der Waals surface area contributed by atoms with E-state index in [1.807, 2.05) is 5.94 Å². The molecule has 0 aromatic heterocycles. The van der Waals surface area contributed by atoms with Gasteiger partial charge in [-0.2, -0.15) is 0 Å². The van der Waals surface area contributed by atoms with Gasteiger partial charge in [-0.1, -0.05) is 0 Å². The predicted molar refractivity (Wildman–Crippen MR) is 39.0 cm³/mol. The first-order valence-electron chi connectivity index (χ1n) is 2.32. The molecule has 0 unspecified atom stereocenters. The van der Waals surface area contributed by atoms with E-state index >= 15 is 0 Å². The lowest BCUT2D eigenvalue weighted by molar-refractivity contribution is 0.567. The Balaban J connectivity index is 2.45. The van der Waals surface area contributed by atoms with Crippen molar-refractivity contribution < 1.29 is 4.79 Å². The lowest BCUT2D eigenvalue weighted by Gasteiger charge is -2.07. The van der Waals surface area contributed by atoms with Crippen molar-refractivity contribution in [2.24, 2.45) is 0 Å². The molecule has 1 aliphatic heterocycles. The minimum atomic E-state index is 0.899. The van der Waals surface area contributed by atoms with Crippen molar-refractivity contribution in [1.29, 1.82) is 0 Å². The van der Waals surface area contributed by atoms with Crippen LogP contribution in [0.5, 0.6) is 0 Å². The maximum Gasteiger partial charge on any atom is 0.125 e. The number of hydrogen-bond acceptors (Lipinski definition) is 3. The second-order valence-electron chi connectivity index (χ2n) is 1.52. The minimum absolute atomic E-state index is 0.899. The summed E-state index contributed by atoms with van der Waals surface area (Å²) in [5, 5.41) is 1.13. The van der Waals surface area contributed by atoms with Crippen LogP contribution in [0.25, 0.3) is 0 Å². The van der Waals surface area contributed by atoms with Crippen molar-refractivity contribution in [3.8, 4) is 0 Å². The van der Waals surface area contributed by atoms with E-state index in [0.717, 1.165) is 22.2 Å². The zero-order valence-corrected chi connectivity index (χ0v) is 5.98. The van der Waals surface area contributed by atoms with Crippen LogP contribution in [0.2, 0.25) is 0 Å². The Morgan fingerprint density at radius 3 is 2.38 bits per heavy atom. The van der Waals surface area contributed by atoms with Crippen LogP contribution in [0.4, 0.5) is 0 Å². The van der Waals surface area contributed by atoms with Crippen molar-refractivity contribution in [3.05, 3.63) is 5.57 Å². The first kappa shape index (κ1) is 6.27. The first-order valence-corrected chi connectivity index (χ1v) is 4.63. The van der Waals surface area contributed by atoms with Crippen LogP contribution in [0.1, 0.15) is 0 Å². The van der Waals surface area contributed by atoms with Gasteiger partial charge < -0.3 is 0 Å². The monoisotopic (exact) mass is 146 g/mol. The lowest BCUT2D eigenvalue weighted by Crippen LogP contribution is -1.98. The van der Waals surface area contributed by atoms with Crippen molar-refractivity contribution in [2.75, 3.05) is 16.6 Å². The van der Waals surface area contributed by atoms with E-state index in [0.29, 0.717) is 0 Å². The molecule has 1 nitrogen and oxygen atoms in total. The molecule has 8 heavy (non-hydrogen) atoms. The second kappa shape index (κ2) is 3.23. The standard InChI is InChI=1S/C5H6OS2/c6-1-5-2-7-4-8-3-5/h2-4H2. The fourth-order valence-electron chi connectivity index (χ4n) is 0.489. The van der Waals surface area contributed by atoms with E-state index in [-0.39, 0.29) is 0 Å². The molecule has 0 N–H and O–H groups in total. The molecule has 0 amide bonds. The number of carbonyl (C=O) groups excluding carboxylic acids is 1. The zero-order chi connectivity index (χ0) is 5.82. The molecule has 0 radical (unpaired) electrons. The van der Waals surface area contributed by atoms with Gasteiger partial charge in [-0.3, -0.25) is 0 Å². The molecule has 0 bridgehead atoms. The second-order valence-corrected chi connectivity index (χ2v) is 3.86. The highest BCUT2D eigenvalue weighted by Crippen LogP contribution is 2.22. The molecule has 0 saturated carbocycles. The van der Waals surface area contributed by atoms with Crippen molar-refractivity contribution in [2.45, 2.75) is 0 Å². The SMILES string of the molecule is O=C=C1CSCSC1. The number of rotatable bonds is 0. The highest BCUT2D eigenvalue weighted by atomic mass is 32.2. The van der Waals surface area contributed by atoms with Gasteiger partial charge in [0.2, 0.25) is 0 Å². The summed E-state index contributed by atoms with van der Waals surface area (Å²) in [7, 11) is 0. The Labute approximate surface area is 56.9 Å². The van der Waals surface area contributed by atoms with E-state index in [4.69, 9.17) is 0 Å². The fourth-order valence-corrected chi connectivity index (χ4v) is 2.57. The summed E-state index contributed by atoms with van der Waals surface area (Å²) >= 11 is 3.58. The summed E-state index contributed by atoms with van der Waals surface area (Å²) in [6, 6.07) is 0. The van der Waals surface area contributed by atoms with Crippen LogP contribution in [0, 0.1) is 0 Å². The summed E-state index contributed by atoms with van der Waals surface area (Å²) in [5.74, 6) is 3.73. The molecule has 0 aliphatic carbocycles. The third kappa shape index (κ3) is 1.58. The minimum Gasteiger partial charge on any atom is -0.233 e. The Hall–Kier alpha value is 0.150. The fraction of sp³-hybridized carbons (Fsp3) is 0.600. The van der Waals surface area contributed by atoms with Gasteiger partial charge in [0.05, 0.1) is 0 Å². The molecule has 1 aliphatic rings. The molecular weight excluding hydrogens is 140 g/mol. The Morgan fingerprint density at radius 1 is 1.38 bits per heavy atom. The van der Waals surface area contributed by atoms with E-state index in [2.05, 4.69) is 0 Å². The maximum absolute atomic E-state index is 9.97. The van der Waals surface area contributed by atoms with Crippen LogP contribution in [-0.2, 0) is 4.79 Å². The summed E-state index contributed by atoms with van der Waals surface area (Å²) in [6.45, 7) is 0. The Kier molecular flexibility index (Phi) is 2.53. The number of hydrogen-bond donors (Lipinski definition) is 0. The first-order chi connectivity index (χ1) is 3.93. The Morgan fingerprint density at radius 2 is 2.00 bits per heavy atom. The molecule has 0 aromatic rings. The molecule has 3 heteroatoms. The molecule has 1 saturated heterocycles. The van der Waals surface area contributed by atoms with Gasteiger partial charge in [0.1, 0.15) is 5.94 Å². The summed E-state index contributed by atoms with van der Waals surface area (Å²) in [6.07, 6.45) is 0. The summed E-state index contributed by atoms with van der Waals surface area (Å²) < 4.78 is 0. The maximum atomic E-state index is 9.97. The van der Waals surface area contributed by atoms with E-state index < -0.39 is 0 Å². The summed E-state index contributed by atoms with van der Waals surface area (Å²) in [4.78, 5) is 9.97. The molecule has 1 fully saturated rings. The van der Waals surface area contributed by atoms with Crippen LogP contribution in [-0.4, -0.2) is 22.5 Å². The average molecular weight is 146 g/mol. The third-order valence-electron chi connectivity index (χ3n) is 0.864. The van der Waals surface area contributed by atoms with Crippen molar-refractivity contribution in [1.82, 2.24) is 0 Å². The molecule has 44 valence electrons. The van der Waals surface area contributed by atoms with Gasteiger partial charge in [0, 0.05) is 22.2 Å². The molecule has 1 heterocycles. The Bertz CT molecular complexity index is 118. The smallest absolute Gasteiger partial charge is 0.125 e. The van der Waals surface area contributed by atoms with E-state index in [1.165, 1.54) is 0 Å². The van der Waals surface area contributed by atoms with Crippen LogP contribution in [0.15, 0.2) is 5.57 Å². The van der Waals surface area contributed by atoms with Crippen LogP contribution < -0.4 is 0 Å². The van der Waals surface area contributed by atoms with Gasteiger partial charge in [0.15, 0.2) is 0 Å². The summed E-state index contributed by atoms with van der Waals surface area (Å²) in [5.41, 5.74) is 0.922. The molecule has 0 spiro atoms. The van der Waals surface area contributed by atoms with E-state index in [9.17, 15) is 4.79 Å². The normalized spacial score (nSPS) is 20.2.